The van der Waals surface area contributed by atoms with E-state index in [0.717, 1.165) is 5.69 Å². The van der Waals surface area contributed by atoms with Crippen LogP contribution in [-0.4, -0.2) is 22.1 Å². The smallest absolute Gasteiger partial charge is 0.174 e. The van der Waals surface area contributed by atoms with Crippen LogP contribution in [0.1, 0.15) is 16.8 Å². The van der Waals surface area contributed by atoms with Gasteiger partial charge in [0, 0.05) is 18.8 Å². The quantitative estimate of drug-likeness (QED) is 0.546. The van der Waals surface area contributed by atoms with E-state index in [4.69, 9.17) is 28.6 Å². The van der Waals surface area contributed by atoms with Crippen LogP contribution in [0.25, 0.3) is 0 Å². The molecular weight excluding hydrogens is 390 g/mol. The molecule has 2 aromatic carbocycles. The summed E-state index contributed by atoms with van der Waals surface area (Å²) in [4.78, 5) is 6.50. The molecule has 1 aromatic heterocycles. The standard InChI is InChI=1S/C22H22ClN3OS/c1-16-6-8-17(9-7-16)14-26(15-18-5-3-4-12-24-18)22(28)25-21-13-19(27-2)10-11-20(21)23/h3-13H,14-15H2,1-2H3,(H,25,28). The summed E-state index contributed by atoms with van der Waals surface area (Å²) in [7, 11) is 1.62. The second-order valence-electron chi connectivity index (χ2n) is 6.44. The molecule has 6 heteroatoms. The minimum Gasteiger partial charge on any atom is -0.497 e. The number of benzene rings is 2. The van der Waals surface area contributed by atoms with Gasteiger partial charge in [0.25, 0.3) is 0 Å². The zero-order valence-electron chi connectivity index (χ0n) is 15.9. The highest BCUT2D eigenvalue weighted by atomic mass is 35.5. The summed E-state index contributed by atoms with van der Waals surface area (Å²) in [6.07, 6.45) is 1.79. The summed E-state index contributed by atoms with van der Waals surface area (Å²) in [5, 5.41) is 4.41. The van der Waals surface area contributed by atoms with E-state index in [1.807, 2.05) is 30.3 Å². The maximum Gasteiger partial charge on any atom is 0.174 e. The van der Waals surface area contributed by atoms with Gasteiger partial charge < -0.3 is 15.0 Å². The Kier molecular flexibility index (Phi) is 6.85. The van der Waals surface area contributed by atoms with Gasteiger partial charge in [-0.1, -0.05) is 47.5 Å². The molecule has 0 aliphatic heterocycles. The second-order valence-corrected chi connectivity index (χ2v) is 7.23. The number of hydrogen-bond donors (Lipinski definition) is 1. The second kappa shape index (κ2) is 9.53. The molecule has 0 aliphatic carbocycles. The maximum absolute atomic E-state index is 6.33. The summed E-state index contributed by atoms with van der Waals surface area (Å²) in [5.41, 5.74) is 4.04. The molecule has 1 N–H and O–H groups in total. The number of aromatic nitrogens is 1. The molecular formula is C22H22ClN3OS. The highest BCUT2D eigenvalue weighted by Gasteiger charge is 2.14. The van der Waals surface area contributed by atoms with E-state index in [-0.39, 0.29) is 0 Å². The van der Waals surface area contributed by atoms with E-state index < -0.39 is 0 Å². The summed E-state index contributed by atoms with van der Waals surface area (Å²) in [6, 6.07) is 19.7. The molecule has 1 heterocycles. The summed E-state index contributed by atoms with van der Waals surface area (Å²) in [5.74, 6) is 0.713. The molecule has 0 aliphatic rings. The van der Waals surface area contributed by atoms with Gasteiger partial charge in [0.15, 0.2) is 5.11 Å². The predicted molar refractivity (Wildman–Crippen MR) is 119 cm³/mol. The third kappa shape index (κ3) is 5.44. The number of halogens is 1. The zero-order chi connectivity index (χ0) is 19.9. The molecule has 0 spiro atoms. The third-order valence-electron chi connectivity index (χ3n) is 4.28. The monoisotopic (exact) mass is 411 g/mol. The minimum atomic E-state index is 0.571. The van der Waals surface area contributed by atoms with Crippen LogP contribution in [0.2, 0.25) is 5.02 Å². The van der Waals surface area contributed by atoms with Gasteiger partial charge in [0.05, 0.1) is 30.1 Å². The number of anilines is 1. The van der Waals surface area contributed by atoms with Crippen LogP contribution < -0.4 is 10.1 Å². The third-order valence-corrected chi connectivity index (χ3v) is 4.97. The fraction of sp³-hybridized carbons (Fsp3) is 0.182. The maximum atomic E-state index is 6.33. The van der Waals surface area contributed by atoms with Crippen molar-refractivity contribution in [3.8, 4) is 5.75 Å². The molecule has 3 aromatic rings. The highest BCUT2D eigenvalue weighted by molar-refractivity contribution is 7.80. The number of hydrogen-bond acceptors (Lipinski definition) is 3. The van der Waals surface area contributed by atoms with Crippen LogP contribution >= 0.6 is 23.8 Å². The van der Waals surface area contributed by atoms with Crippen molar-refractivity contribution in [1.82, 2.24) is 9.88 Å². The largest absolute Gasteiger partial charge is 0.497 e. The Balaban J connectivity index is 1.82. The molecule has 0 saturated carbocycles. The molecule has 144 valence electrons. The summed E-state index contributed by atoms with van der Waals surface area (Å²) in [6.45, 7) is 3.32. The Hall–Kier alpha value is -2.63. The van der Waals surface area contributed by atoms with E-state index in [0.29, 0.717) is 34.7 Å². The summed E-state index contributed by atoms with van der Waals surface area (Å²) < 4.78 is 5.29. The van der Waals surface area contributed by atoms with Gasteiger partial charge in [-0.2, -0.15) is 0 Å². The van der Waals surface area contributed by atoms with Crippen LogP contribution in [0, 0.1) is 6.92 Å². The number of ether oxygens (including phenoxy) is 1. The normalized spacial score (nSPS) is 10.4. The topological polar surface area (TPSA) is 37.4 Å². The Bertz CT molecular complexity index is 932. The van der Waals surface area contributed by atoms with Crippen molar-refractivity contribution in [3.63, 3.8) is 0 Å². The van der Waals surface area contributed by atoms with Crippen molar-refractivity contribution in [2.45, 2.75) is 20.0 Å². The molecule has 3 rings (SSSR count). The van der Waals surface area contributed by atoms with Crippen LogP contribution in [0.4, 0.5) is 5.69 Å². The van der Waals surface area contributed by atoms with Gasteiger partial charge >= 0.3 is 0 Å². The van der Waals surface area contributed by atoms with Gasteiger partial charge in [0.1, 0.15) is 5.75 Å². The Labute approximate surface area is 176 Å². The Morgan fingerprint density at radius 3 is 2.57 bits per heavy atom. The van der Waals surface area contributed by atoms with E-state index in [1.54, 1.807) is 19.4 Å². The predicted octanol–water partition coefficient (Wildman–Crippen LogP) is 5.45. The highest BCUT2D eigenvalue weighted by Crippen LogP contribution is 2.27. The molecule has 4 nitrogen and oxygen atoms in total. The molecule has 0 saturated heterocycles. The van der Waals surface area contributed by atoms with Crippen molar-refractivity contribution in [2.75, 3.05) is 12.4 Å². The van der Waals surface area contributed by atoms with Crippen LogP contribution in [0.15, 0.2) is 66.9 Å². The van der Waals surface area contributed by atoms with Crippen LogP contribution in [0.3, 0.4) is 0 Å². The van der Waals surface area contributed by atoms with Crippen LogP contribution in [0.5, 0.6) is 5.75 Å². The SMILES string of the molecule is COc1ccc(Cl)c(NC(=S)N(Cc2ccc(C)cc2)Cc2ccccn2)c1. The van der Waals surface area contributed by atoms with E-state index >= 15 is 0 Å². The average molecular weight is 412 g/mol. The number of rotatable bonds is 6. The fourth-order valence-corrected chi connectivity index (χ4v) is 3.13. The molecule has 0 amide bonds. The number of thiocarbonyl (C=S) groups is 1. The summed E-state index contributed by atoms with van der Waals surface area (Å²) >= 11 is 12.0. The lowest BCUT2D eigenvalue weighted by atomic mass is 10.1. The Morgan fingerprint density at radius 2 is 1.89 bits per heavy atom. The Morgan fingerprint density at radius 1 is 1.11 bits per heavy atom. The van der Waals surface area contributed by atoms with E-state index in [2.05, 4.69) is 46.4 Å². The van der Waals surface area contributed by atoms with Gasteiger partial charge in [-0.05, 0) is 49.0 Å². The lowest BCUT2D eigenvalue weighted by molar-refractivity contribution is 0.407. The molecule has 0 bridgehead atoms. The number of nitrogens with one attached hydrogen (secondary N) is 1. The minimum absolute atomic E-state index is 0.571. The van der Waals surface area contributed by atoms with Crippen molar-refractivity contribution in [2.24, 2.45) is 0 Å². The molecule has 0 radical (unpaired) electrons. The number of aryl methyl sites for hydroxylation is 1. The molecule has 0 unspecified atom stereocenters. The lowest BCUT2D eigenvalue weighted by Crippen LogP contribution is -2.34. The van der Waals surface area contributed by atoms with Crippen molar-refractivity contribution in [1.29, 1.82) is 0 Å². The first-order chi connectivity index (χ1) is 13.5. The van der Waals surface area contributed by atoms with Crippen molar-refractivity contribution >= 4 is 34.6 Å². The van der Waals surface area contributed by atoms with Gasteiger partial charge in [-0.25, -0.2) is 0 Å². The van der Waals surface area contributed by atoms with Crippen molar-refractivity contribution in [3.05, 3.63) is 88.7 Å². The molecule has 0 atom stereocenters. The van der Waals surface area contributed by atoms with E-state index in [9.17, 15) is 0 Å². The van der Waals surface area contributed by atoms with Gasteiger partial charge in [-0.15, -0.1) is 0 Å². The lowest BCUT2D eigenvalue weighted by Gasteiger charge is -2.26. The molecule has 0 fully saturated rings. The first-order valence-electron chi connectivity index (χ1n) is 8.90. The number of pyridine rings is 1. The van der Waals surface area contributed by atoms with Crippen molar-refractivity contribution < 1.29 is 4.74 Å². The zero-order valence-corrected chi connectivity index (χ0v) is 17.4. The molecule has 28 heavy (non-hydrogen) atoms. The van der Waals surface area contributed by atoms with Gasteiger partial charge in [-0.3, -0.25) is 4.98 Å². The number of methoxy groups -OCH3 is 1. The first-order valence-corrected chi connectivity index (χ1v) is 9.68. The van der Waals surface area contributed by atoms with Gasteiger partial charge in [0.2, 0.25) is 0 Å². The van der Waals surface area contributed by atoms with E-state index in [1.165, 1.54) is 11.1 Å². The first kappa shape index (κ1) is 20.1. The van der Waals surface area contributed by atoms with Crippen LogP contribution in [-0.2, 0) is 13.1 Å². The number of nitrogens with zero attached hydrogens (tertiary/aromatic N) is 2. The average Bonchev–Trinajstić information content (AvgIpc) is 2.71. The fourth-order valence-electron chi connectivity index (χ4n) is 2.72.